The number of anilines is 1. The summed E-state index contributed by atoms with van der Waals surface area (Å²) in [6.07, 6.45) is 0.892. The monoisotopic (exact) mass is 256 g/mol. The van der Waals surface area contributed by atoms with E-state index in [2.05, 4.69) is 17.2 Å². The van der Waals surface area contributed by atoms with Crippen molar-refractivity contribution in [3.8, 4) is 5.75 Å². The summed E-state index contributed by atoms with van der Waals surface area (Å²) in [6.45, 7) is 5.50. The molecule has 0 atom stereocenters. The second kappa shape index (κ2) is 6.78. The molecule has 0 amide bonds. The maximum absolute atomic E-state index is 5.78. The summed E-state index contributed by atoms with van der Waals surface area (Å²) in [5, 5.41) is 3.32. The Balaban J connectivity index is 1.83. The van der Waals surface area contributed by atoms with E-state index >= 15 is 0 Å². The van der Waals surface area contributed by atoms with Crippen LogP contribution < -0.4 is 10.1 Å². The fourth-order valence-corrected chi connectivity index (χ4v) is 1.89. The van der Waals surface area contributed by atoms with Gasteiger partial charge < -0.3 is 10.1 Å². The van der Waals surface area contributed by atoms with E-state index in [9.17, 15) is 0 Å². The minimum atomic E-state index is 0.632. The summed E-state index contributed by atoms with van der Waals surface area (Å²) in [4.78, 5) is 4.48. The normalized spacial score (nSPS) is 10.2. The predicted molar refractivity (Wildman–Crippen MR) is 78.8 cm³/mol. The van der Waals surface area contributed by atoms with Crippen molar-refractivity contribution in [3.63, 3.8) is 0 Å². The molecule has 3 heteroatoms. The van der Waals surface area contributed by atoms with Gasteiger partial charge in [0.25, 0.3) is 0 Å². The van der Waals surface area contributed by atoms with E-state index < -0.39 is 0 Å². The number of para-hydroxylation sites is 1. The zero-order valence-corrected chi connectivity index (χ0v) is 11.5. The second-order valence-electron chi connectivity index (χ2n) is 4.39. The number of hydrogen-bond acceptors (Lipinski definition) is 3. The number of aromatic nitrogens is 1. The molecular formula is C16H20N2O. The number of ether oxygens (including phenoxy) is 1. The first kappa shape index (κ1) is 13.4. The van der Waals surface area contributed by atoms with E-state index in [1.165, 1.54) is 0 Å². The zero-order chi connectivity index (χ0) is 13.5. The number of aryl methyl sites for hydroxylation is 2. The largest absolute Gasteiger partial charge is 0.490 e. The van der Waals surface area contributed by atoms with E-state index in [4.69, 9.17) is 4.74 Å². The van der Waals surface area contributed by atoms with Gasteiger partial charge in [-0.2, -0.15) is 0 Å². The minimum absolute atomic E-state index is 0.632. The van der Waals surface area contributed by atoms with Crippen LogP contribution in [-0.2, 0) is 6.42 Å². The molecule has 1 heterocycles. The van der Waals surface area contributed by atoms with Crippen LogP contribution in [0.15, 0.2) is 42.5 Å². The van der Waals surface area contributed by atoms with Crippen LogP contribution in [0.2, 0.25) is 0 Å². The highest BCUT2D eigenvalue weighted by molar-refractivity contribution is 5.42. The van der Waals surface area contributed by atoms with Gasteiger partial charge in [-0.15, -0.1) is 0 Å². The Kier molecular flexibility index (Phi) is 4.78. The molecule has 0 aliphatic carbocycles. The van der Waals surface area contributed by atoms with Gasteiger partial charge in [0, 0.05) is 17.9 Å². The Hall–Kier alpha value is -2.03. The molecule has 19 heavy (non-hydrogen) atoms. The molecule has 0 radical (unpaired) electrons. The SMILES string of the molecule is CCc1nc(C)ccc1OCCNc1ccccc1. The summed E-state index contributed by atoms with van der Waals surface area (Å²) < 4.78 is 5.78. The molecule has 2 aromatic rings. The molecule has 0 fully saturated rings. The number of nitrogens with one attached hydrogen (secondary N) is 1. The van der Waals surface area contributed by atoms with Gasteiger partial charge in [-0.05, 0) is 37.6 Å². The smallest absolute Gasteiger partial charge is 0.140 e. The third kappa shape index (κ3) is 3.98. The first-order valence-corrected chi connectivity index (χ1v) is 6.68. The lowest BCUT2D eigenvalue weighted by Crippen LogP contribution is -2.12. The summed E-state index contributed by atoms with van der Waals surface area (Å²) in [5.41, 5.74) is 3.18. The van der Waals surface area contributed by atoms with Gasteiger partial charge in [0.2, 0.25) is 0 Å². The van der Waals surface area contributed by atoms with Crippen molar-refractivity contribution in [1.29, 1.82) is 0 Å². The van der Waals surface area contributed by atoms with Crippen molar-refractivity contribution < 1.29 is 4.74 Å². The standard InChI is InChI=1S/C16H20N2O/c1-3-15-16(10-9-13(2)18-15)19-12-11-17-14-7-5-4-6-8-14/h4-10,17H,3,11-12H2,1-2H3. The highest BCUT2D eigenvalue weighted by atomic mass is 16.5. The molecular weight excluding hydrogens is 236 g/mol. The Morgan fingerprint density at radius 3 is 2.63 bits per heavy atom. The van der Waals surface area contributed by atoms with Crippen molar-refractivity contribution in [2.75, 3.05) is 18.5 Å². The fourth-order valence-electron chi connectivity index (χ4n) is 1.89. The highest BCUT2D eigenvalue weighted by Crippen LogP contribution is 2.17. The molecule has 0 saturated heterocycles. The van der Waals surface area contributed by atoms with Gasteiger partial charge >= 0.3 is 0 Å². The van der Waals surface area contributed by atoms with Crippen LogP contribution in [0, 0.1) is 6.92 Å². The second-order valence-corrected chi connectivity index (χ2v) is 4.39. The van der Waals surface area contributed by atoms with Crippen molar-refractivity contribution in [2.45, 2.75) is 20.3 Å². The maximum Gasteiger partial charge on any atom is 0.140 e. The summed E-state index contributed by atoms with van der Waals surface area (Å²) in [7, 11) is 0. The van der Waals surface area contributed by atoms with Gasteiger partial charge in [0.15, 0.2) is 0 Å². The van der Waals surface area contributed by atoms with E-state index in [1.807, 2.05) is 49.4 Å². The summed E-state index contributed by atoms with van der Waals surface area (Å²) >= 11 is 0. The van der Waals surface area contributed by atoms with Crippen LogP contribution >= 0.6 is 0 Å². The van der Waals surface area contributed by atoms with Gasteiger partial charge in [-0.25, -0.2) is 0 Å². The van der Waals surface area contributed by atoms with Crippen LogP contribution in [0.3, 0.4) is 0 Å². The quantitative estimate of drug-likeness (QED) is 0.804. The van der Waals surface area contributed by atoms with Crippen molar-refractivity contribution in [3.05, 3.63) is 53.9 Å². The molecule has 0 saturated carbocycles. The molecule has 2 rings (SSSR count). The average Bonchev–Trinajstić information content (AvgIpc) is 2.46. The molecule has 0 spiro atoms. The summed E-state index contributed by atoms with van der Waals surface area (Å²) in [6, 6.07) is 14.1. The van der Waals surface area contributed by atoms with Crippen LogP contribution in [0.25, 0.3) is 0 Å². The lowest BCUT2D eigenvalue weighted by Gasteiger charge is -2.11. The van der Waals surface area contributed by atoms with Crippen LogP contribution in [0.5, 0.6) is 5.75 Å². The molecule has 0 bridgehead atoms. The van der Waals surface area contributed by atoms with Gasteiger partial charge in [0.05, 0.1) is 5.69 Å². The molecule has 0 aliphatic heterocycles. The van der Waals surface area contributed by atoms with Crippen molar-refractivity contribution in [1.82, 2.24) is 4.98 Å². The fraction of sp³-hybridized carbons (Fsp3) is 0.312. The number of hydrogen-bond donors (Lipinski definition) is 1. The first-order valence-electron chi connectivity index (χ1n) is 6.68. The van der Waals surface area contributed by atoms with E-state index in [0.29, 0.717) is 6.61 Å². The van der Waals surface area contributed by atoms with E-state index in [0.717, 1.165) is 35.8 Å². The van der Waals surface area contributed by atoms with Crippen molar-refractivity contribution >= 4 is 5.69 Å². The topological polar surface area (TPSA) is 34.1 Å². The predicted octanol–water partition coefficient (Wildman–Crippen LogP) is 3.44. The lowest BCUT2D eigenvalue weighted by atomic mass is 10.2. The molecule has 0 unspecified atom stereocenters. The maximum atomic E-state index is 5.78. The molecule has 3 nitrogen and oxygen atoms in total. The zero-order valence-electron chi connectivity index (χ0n) is 11.5. The van der Waals surface area contributed by atoms with Crippen LogP contribution in [0.4, 0.5) is 5.69 Å². The molecule has 1 aromatic carbocycles. The Morgan fingerprint density at radius 2 is 1.89 bits per heavy atom. The molecule has 0 aliphatic rings. The Bertz CT molecular complexity index is 511. The third-order valence-electron chi connectivity index (χ3n) is 2.87. The number of nitrogens with zero attached hydrogens (tertiary/aromatic N) is 1. The van der Waals surface area contributed by atoms with Gasteiger partial charge in [-0.1, -0.05) is 25.1 Å². The lowest BCUT2D eigenvalue weighted by molar-refractivity contribution is 0.327. The van der Waals surface area contributed by atoms with Crippen LogP contribution in [0.1, 0.15) is 18.3 Å². The number of benzene rings is 1. The molecule has 1 N–H and O–H groups in total. The molecule has 1 aromatic heterocycles. The van der Waals surface area contributed by atoms with E-state index in [-0.39, 0.29) is 0 Å². The third-order valence-corrected chi connectivity index (χ3v) is 2.87. The first-order chi connectivity index (χ1) is 9.29. The van der Waals surface area contributed by atoms with Gasteiger partial charge in [0.1, 0.15) is 12.4 Å². The Labute approximate surface area is 114 Å². The molecule has 100 valence electrons. The van der Waals surface area contributed by atoms with Crippen molar-refractivity contribution in [2.24, 2.45) is 0 Å². The minimum Gasteiger partial charge on any atom is -0.490 e. The number of rotatable bonds is 6. The van der Waals surface area contributed by atoms with E-state index in [1.54, 1.807) is 0 Å². The van der Waals surface area contributed by atoms with Gasteiger partial charge in [-0.3, -0.25) is 4.98 Å². The van der Waals surface area contributed by atoms with Crippen LogP contribution in [-0.4, -0.2) is 18.1 Å². The average molecular weight is 256 g/mol. The Morgan fingerprint density at radius 1 is 1.11 bits per heavy atom. The highest BCUT2D eigenvalue weighted by Gasteiger charge is 2.03. The number of pyridine rings is 1. The summed E-state index contributed by atoms with van der Waals surface area (Å²) in [5.74, 6) is 0.892.